The number of carbonyl (C=O) groups is 5. The maximum atomic E-state index is 12.6. The lowest BCUT2D eigenvalue weighted by Gasteiger charge is -2.13. The molecule has 0 saturated heterocycles. The molecule has 0 fully saturated rings. The van der Waals surface area contributed by atoms with Crippen LogP contribution in [0, 0.1) is 0 Å². The number of carboxylic acid groups (broad SMARTS) is 2. The standard InChI is InChI=1S/C27H24N2O8S/c1-3-37-27(36)16-4-7-18(8-5-16)28-23(30)15(2)38-20-11-9-19(10-12-20)29-24(31)21-13-6-17(25(32)33)14-22(21)26(34)35/h4-15H,3H2,1-2H3,(H,28,30)(H,29,31)(H,32,33)(H,34,35). The molecule has 196 valence electrons. The fraction of sp³-hybridized carbons (Fsp3) is 0.148. The van der Waals surface area contributed by atoms with Crippen LogP contribution in [-0.2, 0) is 9.53 Å². The summed E-state index contributed by atoms with van der Waals surface area (Å²) < 4.78 is 4.94. The fourth-order valence-corrected chi connectivity index (χ4v) is 4.14. The van der Waals surface area contributed by atoms with Gasteiger partial charge in [0.1, 0.15) is 0 Å². The number of thioether (sulfide) groups is 1. The van der Waals surface area contributed by atoms with Crippen molar-refractivity contribution in [2.24, 2.45) is 0 Å². The Morgan fingerprint density at radius 2 is 1.37 bits per heavy atom. The molecule has 1 atom stereocenters. The molecular weight excluding hydrogens is 512 g/mol. The van der Waals surface area contributed by atoms with E-state index in [0.29, 0.717) is 16.9 Å². The lowest BCUT2D eigenvalue weighted by atomic mass is 10.0. The number of carboxylic acids is 2. The zero-order valence-corrected chi connectivity index (χ0v) is 21.2. The summed E-state index contributed by atoms with van der Waals surface area (Å²) in [4.78, 5) is 60.3. The fourth-order valence-electron chi connectivity index (χ4n) is 3.27. The molecule has 0 heterocycles. The van der Waals surface area contributed by atoms with Crippen LogP contribution < -0.4 is 10.6 Å². The number of hydrogen-bond donors (Lipinski definition) is 4. The highest BCUT2D eigenvalue weighted by atomic mass is 32.2. The van der Waals surface area contributed by atoms with Crippen molar-refractivity contribution in [2.45, 2.75) is 24.0 Å². The van der Waals surface area contributed by atoms with Crippen LogP contribution in [0.4, 0.5) is 11.4 Å². The van der Waals surface area contributed by atoms with Gasteiger partial charge in [-0.3, -0.25) is 9.59 Å². The highest BCUT2D eigenvalue weighted by Crippen LogP contribution is 2.26. The van der Waals surface area contributed by atoms with Crippen LogP contribution in [0.25, 0.3) is 0 Å². The van der Waals surface area contributed by atoms with Crippen molar-refractivity contribution in [3.8, 4) is 0 Å². The molecule has 4 N–H and O–H groups in total. The topological polar surface area (TPSA) is 159 Å². The van der Waals surface area contributed by atoms with Gasteiger partial charge in [0.25, 0.3) is 5.91 Å². The average Bonchev–Trinajstić information content (AvgIpc) is 2.89. The molecule has 0 aromatic heterocycles. The Labute approximate surface area is 222 Å². The number of benzene rings is 3. The van der Waals surface area contributed by atoms with E-state index in [1.807, 2.05) is 0 Å². The van der Waals surface area contributed by atoms with Crippen LogP contribution in [-0.4, -0.2) is 51.8 Å². The van der Waals surface area contributed by atoms with E-state index in [9.17, 15) is 29.1 Å². The number of esters is 1. The quantitative estimate of drug-likeness (QED) is 0.214. The number of ether oxygens (including phenoxy) is 1. The molecule has 10 nitrogen and oxygen atoms in total. The van der Waals surface area contributed by atoms with E-state index in [1.165, 1.54) is 11.8 Å². The smallest absolute Gasteiger partial charge is 0.338 e. The van der Waals surface area contributed by atoms with E-state index in [2.05, 4.69) is 10.6 Å². The summed E-state index contributed by atoms with van der Waals surface area (Å²) in [7, 11) is 0. The van der Waals surface area contributed by atoms with Crippen LogP contribution in [0.2, 0.25) is 0 Å². The summed E-state index contributed by atoms with van der Waals surface area (Å²) in [6.45, 7) is 3.72. The van der Waals surface area contributed by atoms with Crippen molar-refractivity contribution in [3.63, 3.8) is 0 Å². The molecule has 0 radical (unpaired) electrons. The van der Waals surface area contributed by atoms with Crippen molar-refractivity contribution in [1.82, 2.24) is 0 Å². The number of hydrogen-bond acceptors (Lipinski definition) is 7. The maximum absolute atomic E-state index is 12.6. The van der Waals surface area contributed by atoms with Gasteiger partial charge in [0, 0.05) is 16.3 Å². The number of nitrogens with one attached hydrogen (secondary N) is 2. The van der Waals surface area contributed by atoms with E-state index >= 15 is 0 Å². The minimum absolute atomic E-state index is 0.179. The minimum atomic E-state index is -1.42. The summed E-state index contributed by atoms with van der Waals surface area (Å²) in [6.07, 6.45) is 0. The van der Waals surface area contributed by atoms with Crippen molar-refractivity contribution < 1.29 is 38.9 Å². The molecular formula is C27H24N2O8S. The first kappa shape index (κ1) is 27.9. The lowest BCUT2D eigenvalue weighted by Crippen LogP contribution is -2.22. The van der Waals surface area contributed by atoms with Gasteiger partial charge in [0.05, 0.1) is 34.1 Å². The van der Waals surface area contributed by atoms with Gasteiger partial charge in [0.15, 0.2) is 0 Å². The molecule has 38 heavy (non-hydrogen) atoms. The second-order valence-corrected chi connectivity index (χ2v) is 9.31. The van der Waals surface area contributed by atoms with Crippen LogP contribution in [0.15, 0.2) is 71.6 Å². The molecule has 0 aliphatic carbocycles. The van der Waals surface area contributed by atoms with E-state index in [1.54, 1.807) is 62.4 Å². The maximum Gasteiger partial charge on any atom is 0.338 e. The molecule has 2 amide bonds. The Morgan fingerprint density at radius 1 is 0.789 bits per heavy atom. The first-order valence-corrected chi connectivity index (χ1v) is 12.2. The Morgan fingerprint density at radius 3 is 1.95 bits per heavy atom. The first-order chi connectivity index (χ1) is 18.1. The zero-order valence-electron chi connectivity index (χ0n) is 20.4. The van der Waals surface area contributed by atoms with E-state index < -0.39 is 34.6 Å². The second kappa shape index (κ2) is 12.5. The Bertz CT molecular complexity index is 1370. The van der Waals surface area contributed by atoms with E-state index in [0.717, 1.165) is 23.1 Å². The van der Waals surface area contributed by atoms with Gasteiger partial charge in [-0.1, -0.05) is 0 Å². The normalized spacial score (nSPS) is 11.2. The van der Waals surface area contributed by atoms with Gasteiger partial charge in [0.2, 0.25) is 5.91 Å². The second-order valence-electron chi connectivity index (χ2n) is 7.90. The van der Waals surface area contributed by atoms with Gasteiger partial charge in [-0.25, -0.2) is 14.4 Å². The highest BCUT2D eigenvalue weighted by molar-refractivity contribution is 8.00. The average molecular weight is 537 g/mol. The summed E-state index contributed by atoms with van der Waals surface area (Å²) in [5, 5.41) is 23.3. The third-order valence-corrected chi connectivity index (χ3v) is 6.31. The molecule has 0 spiro atoms. The highest BCUT2D eigenvalue weighted by Gasteiger charge is 2.20. The van der Waals surface area contributed by atoms with E-state index in [4.69, 9.17) is 9.84 Å². The van der Waals surface area contributed by atoms with Crippen molar-refractivity contribution in [1.29, 1.82) is 0 Å². The minimum Gasteiger partial charge on any atom is -0.478 e. The third-order valence-electron chi connectivity index (χ3n) is 5.20. The molecule has 11 heteroatoms. The molecule has 3 aromatic rings. The van der Waals surface area contributed by atoms with Crippen molar-refractivity contribution in [3.05, 3.63) is 89.0 Å². The van der Waals surface area contributed by atoms with Crippen molar-refractivity contribution >= 4 is 52.9 Å². The van der Waals surface area contributed by atoms with Crippen LogP contribution in [0.1, 0.15) is 55.3 Å². The molecule has 3 aromatic carbocycles. The van der Waals surface area contributed by atoms with Gasteiger partial charge in [-0.2, -0.15) is 0 Å². The van der Waals surface area contributed by atoms with E-state index in [-0.39, 0.29) is 23.6 Å². The monoisotopic (exact) mass is 536 g/mol. The largest absolute Gasteiger partial charge is 0.478 e. The third kappa shape index (κ3) is 7.20. The van der Waals surface area contributed by atoms with Crippen LogP contribution in [0.5, 0.6) is 0 Å². The summed E-state index contributed by atoms with van der Waals surface area (Å²) in [5.41, 5.74) is 0.456. The lowest BCUT2D eigenvalue weighted by molar-refractivity contribution is -0.115. The molecule has 0 saturated carbocycles. The summed E-state index contributed by atoms with van der Waals surface area (Å²) in [6, 6.07) is 16.2. The molecule has 0 aliphatic heterocycles. The number of amides is 2. The van der Waals surface area contributed by atoms with Crippen LogP contribution >= 0.6 is 11.8 Å². The van der Waals surface area contributed by atoms with Gasteiger partial charge < -0.3 is 25.6 Å². The summed E-state index contributed by atoms with van der Waals surface area (Å²) in [5.74, 6) is -4.12. The molecule has 1 unspecified atom stereocenters. The number of rotatable bonds is 10. The first-order valence-electron chi connectivity index (χ1n) is 11.4. The van der Waals surface area contributed by atoms with Gasteiger partial charge in [-0.15, -0.1) is 11.8 Å². The predicted molar refractivity (Wildman–Crippen MR) is 141 cm³/mol. The number of carbonyl (C=O) groups excluding carboxylic acids is 3. The van der Waals surface area contributed by atoms with Crippen molar-refractivity contribution in [2.75, 3.05) is 17.2 Å². The summed E-state index contributed by atoms with van der Waals surface area (Å²) >= 11 is 1.29. The zero-order chi connectivity index (χ0) is 27.8. The SMILES string of the molecule is CCOC(=O)c1ccc(NC(=O)C(C)Sc2ccc(NC(=O)c3ccc(C(=O)O)cc3C(=O)O)cc2)cc1. The van der Waals surface area contributed by atoms with Crippen LogP contribution in [0.3, 0.4) is 0 Å². The van der Waals surface area contributed by atoms with Gasteiger partial charge >= 0.3 is 17.9 Å². The molecule has 0 bridgehead atoms. The molecule has 0 aliphatic rings. The Balaban J connectivity index is 1.60. The van der Waals surface area contributed by atoms with Gasteiger partial charge in [-0.05, 0) is 80.6 Å². The Kier molecular flexibility index (Phi) is 9.23. The molecule has 3 rings (SSSR count). The number of aromatic carboxylic acids is 2. The predicted octanol–water partition coefficient (Wildman–Crippen LogP) is 4.63. The Hall–Kier alpha value is -4.64. The number of anilines is 2.